The Labute approximate surface area is 150 Å². The Hall–Kier alpha value is -2.41. The number of aromatic nitrogens is 2. The van der Waals surface area contributed by atoms with Crippen molar-refractivity contribution in [3.8, 4) is 0 Å². The van der Waals surface area contributed by atoms with Crippen LogP contribution < -0.4 is 4.90 Å². The number of hydrogen-bond donors (Lipinski definition) is 0. The quantitative estimate of drug-likeness (QED) is 0.823. The lowest BCUT2D eigenvalue weighted by atomic mass is 10.0. The zero-order chi connectivity index (χ0) is 17.2. The van der Waals surface area contributed by atoms with Gasteiger partial charge in [-0.15, -0.1) is 11.8 Å². The van der Waals surface area contributed by atoms with Crippen LogP contribution in [0.4, 0.5) is 5.95 Å². The van der Waals surface area contributed by atoms with Crippen LogP contribution >= 0.6 is 11.8 Å². The molecule has 0 atom stereocenters. The molecule has 0 spiro atoms. The van der Waals surface area contributed by atoms with E-state index in [9.17, 15) is 9.59 Å². The lowest BCUT2D eigenvalue weighted by molar-refractivity contribution is 0.0742. The molecule has 2 aliphatic rings. The average molecular weight is 354 g/mol. The molecule has 128 valence electrons. The molecule has 2 aliphatic heterocycles. The van der Waals surface area contributed by atoms with Crippen LogP contribution in [0.3, 0.4) is 0 Å². The van der Waals surface area contributed by atoms with Gasteiger partial charge in [0.15, 0.2) is 5.78 Å². The molecule has 25 heavy (non-hydrogen) atoms. The number of anilines is 1. The van der Waals surface area contributed by atoms with Gasteiger partial charge in [-0.3, -0.25) is 9.59 Å². The third kappa shape index (κ3) is 3.11. The van der Waals surface area contributed by atoms with Gasteiger partial charge in [-0.1, -0.05) is 12.1 Å². The minimum atomic E-state index is 0.00711. The van der Waals surface area contributed by atoms with Crippen molar-refractivity contribution in [2.24, 2.45) is 0 Å². The second kappa shape index (κ2) is 6.84. The Morgan fingerprint density at radius 1 is 1.04 bits per heavy atom. The van der Waals surface area contributed by atoms with Crippen LogP contribution in [0.1, 0.15) is 27.1 Å². The lowest BCUT2D eigenvalue weighted by Crippen LogP contribution is -2.49. The first-order chi connectivity index (χ1) is 12.2. The molecule has 3 heterocycles. The molecule has 0 saturated carbocycles. The smallest absolute Gasteiger partial charge is 0.255 e. The zero-order valence-electron chi connectivity index (χ0n) is 13.7. The number of hydrogen-bond acceptors (Lipinski definition) is 6. The van der Waals surface area contributed by atoms with Crippen LogP contribution in [0.25, 0.3) is 0 Å². The van der Waals surface area contributed by atoms with E-state index < -0.39 is 0 Å². The number of thioether (sulfide) groups is 1. The number of piperazine rings is 1. The highest BCUT2D eigenvalue weighted by Gasteiger charge is 2.28. The van der Waals surface area contributed by atoms with Crippen molar-refractivity contribution >= 4 is 29.4 Å². The summed E-state index contributed by atoms with van der Waals surface area (Å²) in [4.78, 5) is 38.4. The van der Waals surface area contributed by atoms with Gasteiger partial charge >= 0.3 is 0 Å². The third-order valence-electron chi connectivity index (χ3n) is 4.52. The molecule has 1 aromatic carbocycles. The maximum absolute atomic E-state index is 13.0. The van der Waals surface area contributed by atoms with Gasteiger partial charge in [-0.2, -0.15) is 0 Å². The molecule has 1 amide bonds. The van der Waals surface area contributed by atoms with E-state index in [2.05, 4.69) is 14.9 Å². The van der Waals surface area contributed by atoms with E-state index >= 15 is 0 Å². The molecule has 1 aromatic heterocycles. The molecule has 0 N–H and O–H groups in total. The van der Waals surface area contributed by atoms with Gasteiger partial charge < -0.3 is 9.80 Å². The van der Waals surface area contributed by atoms with Crippen LogP contribution in [-0.2, 0) is 0 Å². The Morgan fingerprint density at radius 2 is 1.80 bits per heavy atom. The molecule has 0 unspecified atom stereocenters. The second-order valence-corrected chi connectivity index (χ2v) is 7.14. The average Bonchev–Trinajstić information content (AvgIpc) is 2.68. The van der Waals surface area contributed by atoms with Crippen molar-refractivity contribution in [2.45, 2.75) is 11.3 Å². The van der Waals surface area contributed by atoms with E-state index in [1.54, 1.807) is 30.2 Å². The summed E-state index contributed by atoms with van der Waals surface area (Å²) < 4.78 is 0. The van der Waals surface area contributed by atoms with Crippen LogP contribution in [0.2, 0.25) is 0 Å². The van der Waals surface area contributed by atoms with Crippen LogP contribution in [0.15, 0.2) is 41.6 Å². The number of Topliss-reactive ketones (excluding diaryl/α,β-unsaturated/α-hetero) is 1. The van der Waals surface area contributed by atoms with Crippen LogP contribution in [-0.4, -0.2) is 58.5 Å². The first kappa shape index (κ1) is 16.1. The summed E-state index contributed by atoms with van der Waals surface area (Å²) >= 11 is 1.61. The highest BCUT2D eigenvalue weighted by atomic mass is 32.2. The number of amides is 1. The fraction of sp³-hybridized carbons (Fsp3) is 0.333. The first-order valence-corrected chi connectivity index (χ1v) is 9.33. The van der Waals surface area contributed by atoms with Crippen LogP contribution in [0, 0.1) is 0 Å². The summed E-state index contributed by atoms with van der Waals surface area (Å²) in [6.07, 6.45) is 4.00. The lowest BCUT2D eigenvalue weighted by Gasteiger charge is -2.35. The van der Waals surface area contributed by atoms with E-state index in [4.69, 9.17) is 0 Å². The maximum atomic E-state index is 13.0. The summed E-state index contributed by atoms with van der Waals surface area (Å²) in [7, 11) is 0. The predicted molar refractivity (Wildman–Crippen MR) is 96.3 cm³/mol. The van der Waals surface area contributed by atoms with Crippen LogP contribution in [0.5, 0.6) is 0 Å². The SMILES string of the molecule is O=C1CCSc2c1cccc2C(=O)N1CCN(c2ncccn2)CC1. The van der Waals surface area contributed by atoms with Gasteiger partial charge in [-0.25, -0.2) is 9.97 Å². The second-order valence-electron chi connectivity index (χ2n) is 6.03. The van der Waals surface area contributed by atoms with Gasteiger partial charge in [0.2, 0.25) is 5.95 Å². The van der Waals surface area contributed by atoms with Crippen molar-refractivity contribution in [1.29, 1.82) is 0 Å². The molecule has 0 bridgehead atoms. The molecular formula is C18H18N4O2S. The first-order valence-electron chi connectivity index (χ1n) is 8.34. The summed E-state index contributed by atoms with van der Waals surface area (Å²) in [6, 6.07) is 7.26. The van der Waals surface area contributed by atoms with E-state index in [0.29, 0.717) is 49.7 Å². The van der Waals surface area contributed by atoms with E-state index in [1.807, 2.05) is 23.1 Å². The van der Waals surface area contributed by atoms with E-state index in [-0.39, 0.29) is 11.7 Å². The van der Waals surface area contributed by atoms with Gasteiger partial charge in [0, 0.05) is 61.2 Å². The van der Waals surface area contributed by atoms with Crippen molar-refractivity contribution < 1.29 is 9.59 Å². The van der Waals surface area contributed by atoms with Gasteiger partial charge in [0.05, 0.1) is 5.56 Å². The maximum Gasteiger partial charge on any atom is 0.255 e. The van der Waals surface area contributed by atoms with Crippen molar-refractivity contribution in [2.75, 3.05) is 36.8 Å². The molecular weight excluding hydrogens is 336 g/mol. The highest BCUT2D eigenvalue weighted by molar-refractivity contribution is 7.99. The van der Waals surface area contributed by atoms with E-state index in [1.165, 1.54) is 0 Å². The molecule has 1 fully saturated rings. The molecule has 1 saturated heterocycles. The number of nitrogens with zero attached hydrogens (tertiary/aromatic N) is 4. The third-order valence-corrected chi connectivity index (χ3v) is 5.66. The topological polar surface area (TPSA) is 66.4 Å². The largest absolute Gasteiger partial charge is 0.337 e. The monoisotopic (exact) mass is 354 g/mol. The summed E-state index contributed by atoms with van der Waals surface area (Å²) in [5.74, 6) is 1.59. The van der Waals surface area contributed by atoms with Crippen molar-refractivity contribution in [3.63, 3.8) is 0 Å². The molecule has 0 aliphatic carbocycles. The Balaban J connectivity index is 1.50. The standard InChI is InChI=1S/C18H18N4O2S/c23-15-5-12-25-16-13(15)3-1-4-14(16)17(24)21-8-10-22(11-9-21)18-19-6-2-7-20-18/h1-4,6-7H,5,8-12H2. The molecule has 2 aromatic rings. The fourth-order valence-electron chi connectivity index (χ4n) is 3.20. The number of carbonyl (C=O) groups excluding carboxylic acids is 2. The highest BCUT2D eigenvalue weighted by Crippen LogP contribution is 2.33. The van der Waals surface area contributed by atoms with Gasteiger partial charge in [-0.05, 0) is 12.1 Å². The Morgan fingerprint density at radius 3 is 2.56 bits per heavy atom. The fourth-order valence-corrected chi connectivity index (χ4v) is 4.34. The molecule has 7 heteroatoms. The Kier molecular flexibility index (Phi) is 4.40. The number of ketones is 1. The zero-order valence-corrected chi connectivity index (χ0v) is 14.5. The minimum Gasteiger partial charge on any atom is -0.337 e. The summed E-state index contributed by atoms with van der Waals surface area (Å²) in [6.45, 7) is 2.66. The number of carbonyl (C=O) groups is 2. The van der Waals surface area contributed by atoms with Crippen molar-refractivity contribution in [1.82, 2.24) is 14.9 Å². The van der Waals surface area contributed by atoms with E-state index in [0.717, 1.165) is 10.6 Å². The molecule has 4 rings (SSSR count). The summed E-state index contributed by atoms with van der Waals surface area (Å²) in [5, 5.41) is 0. The van der Waals surface area contributed by atoms with Gasteiger partial charge in [0.25, 0.3) is 5.91 Å². The number of fused-ring (bicyclic) bond motifs is 1. The predicted octanol–water partition coefficient (Wildman–Crippen LogP) is 2.12. The van der Waals surface area contributed by atoms with Crippen molar-refractivity contribution in [3.05, 3.63) is 47.8 Å². The number of rotatable bonds is 2. The summed E-state index contributed by atoms with van der Waals surface area (Å²) in [5.41, 5.74) is 1.35. The molecule has 0 radical (unpaired) electrons. The van der Waals surface area contributed by atoms with Gasteiger partial charge in [0.1, 0.15) is 0 Å². The molecule has 6 nitrogen and oxygen atoms in total. The Bertz CT molecular complexity index is 804. The number of benzene rings is 1. The minimum absolute atomic E-state index is 0.00711. The normalized spacial score (nSPS) is 17.4.